The van der Waals surface area contributed by atoms with Gasteiger partial charge in [-0.05, 0) is 50.6 Å². The smallest absolute Gasteiger partial charge is 0.253 e. The third kappa shape index (κ3) is 4.11. The summed E-state index contributed by atoms with van der Waals surface area (Å²) in [6.07, 6.45) is 1.55. The van der Waals surface area contributed by atoms with Crippen molar-refractivity contribution < 1.29 is 14.0 Å². The standard InChI is InChI=1S/C21H23N3O3/c1-14-7-4-5-9-19(14)24-15(2)11-18(16(24)3)21(26)23-13-20(25)22-12-17-8-6-10-27-17/h4-11H,12-13H2,1-3H3,(H,22,25)(H,23,26). The van der Waals surface area contributed by atoms with Gasteiger partial charge in [-0.2, -0.15) is 0 Å². The van der Waals surface area contributed by atoms with Crippen LogP contribution in [0.4, 0.5) is 0 Å². The van der Waals surface area contributed by atoms with Gasteiger partial charge in [-0.1, -0.05) is 18.2 Å². The normalized spacial score (nSPS) is 10.6. The molecular weight excluding hydrogens is 342 g/mol. The van der Waals surface area contributed by atoms with Crippen molar-refractivity contribution in [1.82, 2.24) is 15.2 Å². The fourth-order valence-electron chi connectivity index (χ4n) is 3.09. The number of nitrogens with zero attached hydrogens (tertiary/aromatic N) is 1. The predicted molar refractivity (Wildman–Crippen MR) is 103 cm³/mol. The fraction of sp³-hybridized carbons (Fsp3) is 0.238. The van der Waals surface area contributed by atoms with Crippen LogP contribution in [-0.4, -0.2) is 22.9 Å². The van der Waals surface area contributed by atoms with Gasteiger partial charge in [-0.25, -0.2) is 0 Å². The van der Waals surface area contributed by atoms with Crippen LogP contribution in [0.2, 0.25) is 0 Å². The summed E-state index contributed by atoms with van der Waals surface area (Å²) in [6, 6.07) is 13.4. The van der Waals surface area contributed by atoms with E-state index in [4.69, 9.17) is 4.42 Å². The SMILES string of the molecule is Cc1ccccc1-n1c(C)cc(C(=O)NCC(=O)NCc2ccco2)c1C. The Morgan fingerprint density at radius 3 is 2.52 bits per heavy atom. The van der Waals surface area contributed by atoms with E-state index in [1.54, 1.807) is 18.4 Å². The quantitative estimate of drug-likeness (QED) is 0.705. The van der Waals surface area contributed by atoms with Crippen molar-refractivity contribution in [3.63, 3.8) is 0 Å². The van der Waals surface area contributed by atoms with Crippen LogP contribution in [0, 0.1) is 20.8 Å². The maximum absolute atomic E-state index is 12.6. The lowest BCUT2D eigenvalue weighted by molar-refractivity contribution is -0.120. The number of benzene rings is 1. The Kier molecular flexibility index (Phi) is 5.45. The summed E-state index contributed by atoms with van der Waals surface area (Å²) in [5, 5.41) is 5.39. The van der Waals surface area contributed by atoms with Crippen LogP contribution in [0.5, 0.6) is 0 Å². The zero-order valence-electron chi connectivity index (χ0n) is 15.7. The van der Waals surface area contributed by atoms with E-state index >= 15 is 0 Å². The van der Waals surface area contributed by atoms with Crippen LogP contribution < -0.4 is 10.6 Å². The van der Waals surface area contributed by atoms with Gasteiger partial charge < -0.3 is 19.6 Å². The van der Waals surface area contributed by atoms with Gasteiger partial charge in [0.2, 0.25) is 5.91 Å². The molecule has 0 saturated carbocycles. The van der Waals surface area contributed by atoms with Crippen LogP contribution in [0.3, 0.4) is 0 Å². The number of hydrogen-bond donors (Lipinski definition) is 2. The monoisotopic (exact) mass is 365 g/mol. The summed E-state index contributed by atoms with van der Waals surface area (Å²) in [5.74, 6) is 0.125. The minimum Gasteiger partial charge on any atom is -0.467 e. The molecule has 6 heteroatoms. The van der Waals surface area contributed by atoms with Crippen molar-refractivity contribution >= 4 is 11.8 Å². The minimum atomic E-state index is -0.271. The molecule has 0 atom stereocenters. The molecule has 0 unspecified atom stereocenters. The molecule has 2 amide bonds. The molecule has 140 valence electrons. The molecule has 3 rings (SSSR count). The predicted octanol–water partition coefficient (Wildman–Crippen LogP) is 3.04. The zero-order chi connectivity index (χ0) is 19.4. The molecule has 1 aromatic carbocycles. The second kappa shape index (κ2) is 7.95. The molecule has 6 nitrogen and oxygen atoms in total. The minimum absolute atomic E-state index is 0.0897. The summed E-state index contributed by atoms with van der Waals surface area (Å²) in [6.45, 7) is 6.12. The highest BCUT2D eigenvalue weighted by molar-refractivity contribution is 5.97. The van der Waals surface area contributed by atoms with Crippen molar-refractivity contribution in [1.29, 1.82) is 0 Å². The summed E-state index contributed by atoms with van der Waals surface area (Å²) < 4.78 is 7.21. The van der Waals surface area contributed by atoms with Crippen LogP contribution in [-0.2, 0) is 11.3 Å². The molecule has 0 fully saturated rings. The summed E-state index contributed by atoms with van der Waals surface area (Å²) in [7, 11) is 0. The molecule has 0 bridgehead atoms. The molecule has 0 saturated heterocycles. The van der Waals surface area contributed by atoms with Gasteiger partial charge in [0.05, 0.1) is 24.9 Å². The van der Waals surface area contributed by atoms with Gasteiger partial charge in [-0.3, -0.25) is 9.59 Å². The van der Waals surface area contributed by atoms with Crippen LogP contribution in [0.25, 0.3) is 5.69 Å². The molecule has 0 aliphatic rings. The van der Waals surface area contributed by atoms with E-state index in [-0.39, 0.29) is 18.4 Å². The second-order valence-corrected chi connectivity index (χ2v) is 6.45. The van der Waals surface area contributed by atoms with Crippen molar-refractivity contribution in [2.45, 2.75) is 27.3 Å². The van der Waals surface area contributed by atoms with Gasteiger partial charge in [0, 0.05) is 17.1 Å². The van der Waals surface area contributed by atoms with E-state index in [0.29, 0.717) is 17.9 Å². The lowest BCUT2D eigenvalue weighted by atomic mass is 10.2. The molecule has 0 radical (unpaired) electrons. The third-order valence-corrected chi connectivity index (χ3v) is 4.48. The summed E-state index contributed by atoms with van der Waals surface area (Å²) in [4.78, 5) is 24.5. The Morgan fingerprint density at radius 2 is 1.81 bits per heavy atom. The molecule has 0 aliphatic heterocycles. The van der Waals surface area contributed by atoms with Crippen molar-refractivity contribution in [3.8, 4) is 5.69 Å². The van der Waals surface area contributed by atoms with Crippen LogP contribution in [0.1, 0.15) is 33.1 Å². The molecule has 3 aromatic rings. The largest absolute Gasteiger partial charge is 0.467 e. The number of carbonyl (C=O) groups is 2. The van der Waals surface area contributed by atoms with Crippen LogP contribution in [0.15, 0.2) is 53.1 Å². The Hall–Kier alpha value is -3.28. The van der Waals surface area contributed by atoms with E-state index in [1.807, 2.05) is 51.1 Å². The number of carbonyl (C=O) groups excluding carboxylic acids is 2. The number of rotatable bonds is 6. The first-order valence-corrected chi connectivity index (χ1v) is 8.79. The summed E-state index contributed by atoms with van der Waals surface area (Å²) in [5.41, 5.74) is 4.55. The van der Waals surface area contributed by atoms with E-state index in [0.717, 1.165) is 22.6 Å². The van der Waals surface area contributed by atoms with Gasteiger partial charge in [-0.15, -0.1) is 0 Å². The average Bonchev–Trinajstić information content (AvgIpc) is 3.27. The van der Waals surface area contributed by atoms with E-state index in [1.165, 1.54) is 0 Å². The summed E-state index contributed by atoms with van der Waals surface area (Å²) >= 11 is 0. The maximum Gasteiger partial charge on any atom is 0.253 e. The molecule has 2 N–H and O–H groups in total. The average molecular weight is 365 g/mol. The number of aryl methyl sites for hydroxylation is 2. The molecule has 0 aliphatic carbocycles. The first-order chi connectivity index (χ1) is 13.0. The number of para-hydroxylation sites is 1. The van der Waals surface area contributed by atoms with Gasteiger partial charge in [0.15, 0.2) is 0 Å². The van der Waals surface area contributed by atoms with Crippen molar-refractivity contribution in [2.24, 2.45) is 0 Å². The van der Waals surface area contributed by atoms with Crippen LogP contribution >= 0.6 is 0 Å². The van der Waals surface area contributed by atoms with E-state index in [2.05, 4.69) is 15.2 Å². The lowest BCUT2D eigenvalue weighted by Gasteiger charge is -2.12. The van der Waals surface area contributed by atoms with Crippen molar-refractivity contribution in [3.05, 3.63) is 77.0 Å². The Bertz CT molecular complexity index is 955. The fourth-order valence-corrected chi connectivity index (χ4v) is 3.09. The molecule has 0 spiro atoms. The van der Waals surface area contributed by atoms with E-state index < -0.39 is 0 Å². The van der Waals surface area contributed by atoms with Gasteiger partial charge in [0.25, 0.3) is 5.91 Å². The highest BCUT2D eigenvalue weighted by Crippen LogP contribution is 2.23. The molecule has 2 aromatic heterocycles. The second-order valence-electron chi connectivity index (χ2n) is 6.45. The first kappa shape index (κ1) is 18.5. The molecular formula is C21H23N3O3. The first-order valence-electron chi connectivity index (χ1n) is 8.79. The zero-order valence-corrected chi connectivity index (χ0v) is 15.7. The van der Waals surface area contributed by atoms with Gasteiger partial charge >= 0.3 is 0 Å². The molecule has 2 heterocycles. The Labute approximate surface area is 158 Å². The number of nitrogens with one attached hydrogen (secondary N) is 2. The molecule has 27 heavy (non-hydrogen) atoms. The number of hydrogen-bond acceptors (Lipinski definition) is 3. The van der Waals surface area contributed by atoms with Gasteiger partial charge in [0.1, 0.15) is 5.76 Å². The number of furan rings is 1. The third-order valence-electron chi connectivity index (χ3n) is 4.48. The topological polar surface area (TPSA) is 76.3 Å². The highest BCUT2D eigenvalue weighted by atomic mass is 16.3. The number of amides is 2. The van der Waals surface area contributed by atoms with Crippen molar-refractivity contribution in [2.75, 3.05) is 6.54 Å². The Balaban J connectivity index is 1.66. The lowest BCUT2D eigenvalue weighted by Crippen LogP contribution is -2.36. The maximum atomic E-state index is 12.6. The Morgan fingerprint density at radius 1 is 1.04 bits per heavy atom. The highest BCUT2D eigenvalue weighted by Gasteiger charge is 2.18. The number of aromatic nitrogens is 1. The van der Waals surface area contributed by atoms with E-state index in [9.17, 15) is 9.59 Å².